The van der Waals surface area contributed by atoms with Gasteiger partial charge in [0.15, 0.2) is 11.4 Å². The van der Waals surface area contributed by atoms with Crippen LogP contribution in [0, 0.1) is 0 Å². The average Bonchev–Trinajstić information content (AvgIpc) is 3.23. The molecule has 4 rings (SSSR count). The Morgan fingerprint density at radius 1 is 1.00 bits per heavy atom. The monoisotopic (exact) mass is 583 g/mol. The zero-order valence-electron chi connectivity index (χ0n) is 23.5. The van der Waals surface area contributed by atoms with Gasteiger partial charge in [0, 0.05) is 26.5 Å². The normalized spacial score (nSPS) is 25.4. The second kappa shape index (κ2) is 13.0. The van der Waals surface area contributed by atoms with Crippen molar-refractivity contribution in [3.63, 3.8) is 0 Å². The first-order chi connectivity index (χ1) is 19.4. The number of ether oxygens (including phenoxy) is 7. The molecule has 0 unspecified atom stereocenters. The number of carbonyl (C=O) groups is 1. The van der Waals surface area contributed by atoms with E-state index in [1.54, 1.807) is 27.0 Å². The third kappa shape index (κ3) is 8.32. The Morgan fingerprint density at radius 3 is 2.37 bits per heavy atom. The molecule has 12 heteroatoms. The van der Waals surface area contributed by atoms with E-state index in [1.807, 2.05) is 24.3 Å². The summed E-state index contributed by atoms with van der Waals surface area (Å²) in [5.41, 5.74) is -0.0916. The van der Waals surface area contributed by atoms with Crippen LogP contribution in [0.1, 0.15) is 37.8 Å². The fourth-order valence-corrected chi connectivity index (χ4v) is 5.16. The van der Waals surface area contributed by atoms with Crippen molar-refractivity contribution in [1.82, 2.24) is 5.32 Å². The van der Waals surface area contributed by atoms with Crippen molar-refractivity contribution < 1.29 is 51.1 Å². The van der Waals surface area contributed by atoms with Crippen LogP contribution in [0.15, 0.2) is 48.5 Å². The second-order valence-corrected chi connectivity index (χ2v) is 10.5. The molecule has 0 bridgehead atoms. The van der Waals surface area contributed by atoms with E-state index >= 15 is 0 Å². The molecule has 1 aliphatic heterocycles. The van der Waals surface area contributed by atoms with Crippen molar-refractivity contribution in [1.29, 1.82) is 0 Å². The topological polar surface area (TPSA) is 93.7 Å². The number of halogens is 3. The fourth-order valence-electron chi connectivity index (χ4n) is 5.16. The van der Waals surface area contributed by atoms with E-state index in [9.17, 15) is 18.0 Å². The van der Waals surface area contributed by atoms with Crippen molar-refractivity contribution >= 4 is 5.91 Å². The van der Waals surface area contributed by atoms with Crippen molar-refractivity contribution in [3.05, 3.63) is 59.7 Å². The summed E-state index contributed by atoms with van der Waals surface area (Å²) < 4.78 is 77.6. The molecule has 1 heterocycles. The maximum Gasteiger partial charge on any atom is 0.573 e. The first-order valence-corrected chi connectivity index (χ1v) is 13.3. The first-order valence-electron chi connectivity index (χ1n) is 13.3. The number of hydrogen-bond donors (Lipinski definition) is 1. The van der Waals surface area contributed by atoms with Gasteiger partial charge in [-0.15, -0.1) is 13.2 Å². The highest BCUT2D eigenvalue weighted by Gasteiger charge is 2.58. The lowest BCUT2D eigenvalue weighted by Crippen LogP contribution is -2.60. The molecule has 41 heavy (non-hydrogen) atoms. The Hall–Kier alpha value is -2.90. The Labute approximate surface area is 237 Å². The second-order valence-electron chi connectivity index (χ2n) is 10.5. The van der Waals surface area contributed by atoms with Crippen molar-refractivity contribution in [2.24, 2.45) is 0 Å². The molecule has 2 fully saturated rings. The summed E-state index contributed by atoms with van der Waals surface area (Å²) in [6.07, 6.45) is -6.23. The molecular weight excluding hydrogens is 547 g/mol. The van der Waals surface area contributed by atoms with Crippen molar-refractivity contribution in [2.45, 2.75) is 76.0 Å². The Bertz CT molecular complexity index is 1180. The summed E-state index contributed by atoms with van der Waals surface area (Å²) in [5, 5.41) is 2.89. The van der Waals surface area contributed by atoms with Crippen LogP contribution in [-0.2, 0) is 41.7 Å². The highest BCUT2D eigenvalue weighted by Crippen LogP contribution is 2.44. The number of carbonyl (C=O) groups excluding carboxylic acids is 1. The minimum Gasteiger partial charge on any atom is -0.497 e. The third-order valence-corrected chi connectivity index (χ3v) is 6.90. The Morgan fingerprint density at radius 2 is 1.68 bits per heavy atom. The van der Waals surface area contributed by atoms with Gasteiger partial charge in [-0.1, -0.05) is 24.3 Å². The molecule has 0 radical (unpaired) electrons. The fraction of sp³-hybridized carbons (Fsp3) is 0.552. The van der Waals surface area contributed by atoms with Gasteiger partial charge in [-0.05, 0) is 49.2 Å². The molecular formula is C29H36F3NO8. The summed E-state index contributed by atoms with van der Waals surface area (Å²) in [6, 6.07) is 12.9. The highest BCUT2D eigenvalue weighted by atomic mass is 19.4. The van der Waals surface area contributed by atoms with Gasteiger partial charge < -0.3 is 38.5 Å². The minimum absolute atomic E-state index is 0.0516. The van der Waals surface area contributed by atoms with Crippen LogP contribution in [0.25, 0.3) is 0 Å². The Kier molecular flexibility index (Phi) is 9.81. The molecule has 0 spiro atoms. The number of methoxy groups -OCH3 is 2. The zero-order chi connectivity index (χ0) is 29.7. The van der Waals surface area contributed by atoms with Gasteiger partial charge >= 0.3 is 6.36 Å². The van der Waals surface area contributed by atoms with Gasteiger partial charge in [0.1, 0.15) is 17.6 Å². The summed E-state index contributed by atoms with van der Waals surface area (Å²) >= 11 is 0. The number of fused-ring (bicyclic) bond motifs is 1. The van der Waals surface area contributed by atoms with Gasteiger partial charge in [-0.3, -0.25) is 4.79 Å². The SMILES string of the molecule is COCCNC(=O)[C@@]1(OCc2cccc(OC)c2)C[C@H](OCc2cccc(OC(F)(F)F)c2)[C@@H]2OC(C)(C)O[C@@H]2C1. The van der Waals surface area contributed by atoms with E-state index in [1.165, 1.54) is 25.3 Å². The van der Waals surface area contributed by atoms with Gasteiger partial charge in [-0.2, -0.15) is 0 Å². The van der Waals surface area contributed by atoms with E-state index in [-0.39, 0.29) is 44.3 Å². The molecule has 1 saturated heterocycles. The van der Waals surface area contributed by atoms with Crippen LogP contribution in [0.4, 0.5) is 13.2 Å². The maximum atomic E-state index is 13.7. The van der Waals surface area contributed by atoms with Gasteiger partial charge in [-0.25, -0.2) is 0 Å². The largest absolute Gasteiger partial charge is 0.573 e. The molecule has 9 nitrogen and oxygen atoms in total. The van der Waals surface area contributed by atoms with Crippen LogP contribution < -0.4 is 14.8 Å². The average molecular weight is 584 g/mol. The molecule has 4 atom stereocenters. The lowest BCUT2D eigenvalue weighted by Gasteiger charge is -2.43. The predicted molar refractivity (Wildman–Crippen MR) is 140 cm³/mol. The zero-order valence-corrected chi connectivity index (χ0v) is 23.5. The van der Waals surface area contributed by atoms with Crippen LogP contribution in [0.2, 0.25) is 0 Å². The van der Waals surface area contributed by atoms with E-state index in [0.717, 1.165) is 5.56 Å². The summed E-state index contributed by atoms with van der Waals surface area (Å²) in [6.45, 7) is 4.19. The minimum atomic E-state index is -4.81. The van der Waals surface area contributed by atoms with Crippen LogP contribution >= 0.6 is 0 Å². The van der Waals surface area contributed by atoms with E-state index in [2.05, 4.69) is 10.1 Å². The van der Waals surface area contributed by atoms with Gasteiger partial charge in [0.05, 0.1) is 39.1 Å². The smallest absolute Gasteiger partial charge is 0.497 e. The first kappa shape index (κ1) is 31.0. The number of nitrogens with one attached hydrogen (secondary N) is 1. The molecule has 2 aliphatic rings. The molecule has 2 aromatic rings. The standard InChI is InChI=1S/C29H36F3NO8/c1-27(2)40-24-16-28(26(34)33-11-12-35-3,38-18-20-8-5-9-21(13-20)36-4)15-23(25(24)41-27)37-17-19-7-6-10-22(14-19)39-29(30,31)32/h5-10,13-14,23-25H,11-12,15-18H2,1-4H3,(H,33,34)/t23-,24+,25-,28+/m0/s1. The van der Waals surface area contributed by atoms with Crippen molar-refractivity contribution in [2.75, 3.05) is 27.4 Å². The van der Waals surface area contributed by atoms with Crippen LogP contribution in [-0.4, -0.2) is 69.3 Å². The number of rotatable bonds is 12. The summed E-state index contributed by atoms with van der Waals surface area (Å²) in [5.74, 6) is -0.985. The lowest BCUT2D eigenvalue weighted by molar-refractivity contribution is -0.274. The molecule has 1 saturated carbocycles. The molecule has 1 aliphatic carbocycles. The van der Waals surface area contributed by atoms with Crippen LogP contribution in [0.3, 0.4) is 0 Å². The summed E-state index contributed by atoms with van der Waals surface area (Å²) in [4.78, 5) is 13.7. The van der Waals surface area contributed by atoms with E-state index in [4.69, 9.17) is 28.4 Å². The van der Waals surface area contributed by atoms with Gasteiger partial charge in [0.2, 0.25) is 0 Å². The maximum absolute atomic E-state index is 13.7. The van der Waals surface area contributed by atoms with E-state index < -0.39 is 36.1 Å². The molecule has 1 amide bonds. The molecule has 1 N–H and O–H groups in total. The Balaban J connectivity index is 1.58. The van der Waals surface area contributed by atoms with Crippen molar-refractivity contribution in [3.8, 4) is 11.5 Å². The lowest BCUT2D eigenvalue weighted by atomic mass is 9.78. The number of hydrogen-bond acceptors (Lipinski definition) is 8. The molecule has 226 valence electrons. The molecule has 0 aromatic heterocycles. The number of alkyl halides is 3. The number of amides is 1. The summed E-state index contributed by atoms with van der Waals surface area (Å²) in [7, 11) is 3.11. The van der Waals surface area contributed by atoms with Crippen LogP contribution in [0.5, 0.6) is 11.5 Å². The number of benzene rings is 2. The van der Waals surface area contributed by atoms with E-state index in [0.29, 0.717) is 17.9 Å². The quantitative estimate of drug-likeness (QED) is 0.365. The molecule has 2 aromatic carbocycles. The predicted octanol–water partition coefficient (Wildman–Crippen LogP) is 4.51. The third-order valence-electron chi connectivity index (χ3n) is 6.90. The van der Waals surface area contributed by atoms with Gasteiger partial charge in [0.25, 0.3) is 5.91 Å². The highest BCUT2D eigenvalue weighted by molar-refractivity contribution is 5.85.